The van der Waals surface area contributed by atoms with Crippen LogP contribution < -0.4 is 9.47 Å². The van der Waals surface area contributed by atoms with Crippen molar-refractivity contribution < 1.29 is 40.9 Å². The highest BCUT2D eigenvalue weighted by molar-refractivity contribution is 5.40. The van der Waals surface area contributed by atoms with Gasteiger partial charge in [-0.2, -0.15) is 26.3 Å². The van der Waals surface area contributed by atoms with Crippen LogP contribution in [0.1, 0.15) is 17.5 Å². The number of benzene rings is 2. The molecule has 2 rings (SSSR count). The lowest BCUT2D eigenvalue weighted by Gasteiger charge is -2.33. The second-order valence-corrected chi connectivity index (χ2v) is 6.05. The van der Waals surface area contributed by atoms with E-state index < -0.39 is 23.5 Å². The number of hydrogen-bond donors (Lipinski definition) is 1. The first-order valence-electron chi connectivity index (χ1n) is 8.24. The average molecular weight is 408 g/mol. The molecule has 9 heteroatoms. The number of aryl methyl sites for hydroxylation is 1. The van der Waals surface area contributed by atoms with Crippen molar-refractivity contribution in [3.8, 4) is 11.5 Å². The molecule has 0 radical (unpaired) electrons. The molecule has 0 saturated carbocycles. The average Bonchev–Trinajstić information content (AvgIpc) is 2.61. The maximum absolute atomic E-state index is 12.9. The molecule has 0 aliphatic carbocycles. The number of aliphatic hydroxyl groups is 1. The smallest absolute Gasteiger partial charge is 0.430 e. The largest absolute Gasteiger partial charge is 0.493 e. The van der Waals surface area contributed by atoms with Crippen molar-refractivity contribution in [1.29, 1.82) is 0 Å². The van der Waals surface area contributed by atoms with Gasteiger partial charge in [0.25, 0.3) is 5.60 Å². The number of halogens is 6. The SMILES string of the molecule is Cc1cc(C(O)(C(F)(F)F)C(F)(F)F)ccc1OCCCOc1ccccc1. The Bertz CT molecular complexity index is 757. The van der Waals surface area contributed by atoms with Crippen LogP contribution in [0.5, 0.6) is 11.5 Å². The van der Waals surface area contributed by atoms with E-state index in [2.05, 4.69) is 0 Å². The molecule has 28 heavy (non-hydrogen) atoms. The van der Waals surface area contributed by atoms with E-state index in [-0.39, 0.29) is 17.9 Å². The van der Waals surface area contributed by atoms with Gasteiger partial charge in [0.05, 0.1) is 13.2 Å². The third-order valence-electron chi connectivity index (χ3n) is 3.97. The van der Waals surface area contributed by atoms with E-state index in [1.807, 2.05) is 6.07 Å². The molecule has 2 aromatic rings. The fourth-order valence-corrected chi connectivity index (χ4v) is 2.47. The van der Waals surface area contributed by atoms with Crippen LogP contribution in [0.4, 0.5) is 26.3 Å². The fourth-order valence-electron chi connectivity index (χ4n) is 2.47. The molecule has 0 unspecified atom stereocenters. The lowest BCUT2D eigenvalue weighted by atomic mass is 9.91. The Morgan fingerprint density at radius 2 is 1.39 bits per heavy atom. The molecule has 1 N–H and O–H groups in total. The van der Waals surface area contributed by atoms with Crippen LogP contribution in [0, 0.1) is 6.92 Å². The number of alkyl halides is 6. The summed E-state index contributed by atoms with van der Waals surface area (Å²) >= 11 is 0. The van der Waals surface area contributed by atoms with Crippen LogP contribution in [0.2, 0.25) is 0 Å². The Balaban J connectivity index is 2.01. The Morgan fingerprint density at radius 3 is 1.93 bits per heavy atom. The predicted octanol–water partition coefficient (Wildman–Crippen LogP) is 5.16. The molecule has 0 aliphatic heterocycles. The topological polar surface area (TPSA) is 38.7 Å². The molecule has 0 fully saturated rings. The summed E-state index contributed by atoms with van der Waals surface area (Å²) in [6.45, 7) is 1.77. The van der Waals surface area contributed by atoms with Gasteiger partial charge in [0.2, 0.25) is 0 Å². The van der Waals surface area contributed by atoms with Gasteiger partial charge >= 0.3 is 12.4 Å². The highest BCUT2D eigenvalue weighted by Gasteiger charge is 2.71. The third-order valence-corrected chi connectivity index (χ3v) is 3.97. The fraction of sp³-hybridized carbons (Fsp3) is 0.368. The summed E-state index contributed by atoms with van der Waals surface area (Å²) in [6, 6.07) is 11.1. The van der Waals surface area contributed by atoms with E-state index in [0.717, 1.165) is 6.07 Å². The van der Waals surface area contributed by atoms with E-state index >= 15 is 0 Å². The molecule has 3 nitrogen and oxygen atoms in total. The molecule has 0 aliphatic rings. The van der Waals surface area contributed by atoms with Gasteiger partial charge in [-0.1, -0.05) is 24.3 Å². The van der Waals surface area contributed by atoms with Crippen molar-refractivity contribution in [2.75, 3.05) is 13.2 Å². The van der Waals surface area contributed by atoms with Gasteiger partial charge < -0.3 is 14.6 Å². The molecule has 0 aromatic heterocycles. The zero-order chi connectivity index (χ0) is 21.0. The first kappa shape index (κ1) is 21.9. The van der Waals surface area contributed by atoms with Crippen molar-refractivity contribution in [3.05, 3.63) is 59.7 Å². The Kier molecular flexibility index (Phi) is 6.48. The predicted molar refractivity (Wildman–Crippen MR) is 89.2 cm³/mol. The summed E-state index contributed by atoms with van der Waals surface area (Å²) in [5, 5.41) is 9.42. The molecular formula is C19H18F6O3. The quantitative estimate of drug-likeness (QED) is 0.508. The lowest BCUT2D eigenvalue weighted by molar-refractivity contribution is -0.376. The molecule has 0 heterocycles. The van der Waals surface area contributed by atoms with Gasteiger partial charge in [-0.15, -0.1) is 0 Å². The molecule has 0 bridgehead atoms. The molecular weight excluding hydrogens is 390 g/mol. The Morgan fingerprint density at radius 1 is 0.821 bits per heavy atom. The highest BCUT2D eigenvalue weighted by atomic mass is 19.4. The van der Waals surface area contributed by atoms with Crippen molar-refractivity contribution in [1.82, 2.24) is 0 Å². The first-order chi connectivity index (χ1) is 13.0. The monoisotopic (exact) mass is 408 g/mol. The lowest BCUT2D eigenvalue weighted by Crippen LogP contribution is -2.53. The number of hydrogen-bond acceptors (Lipinski definition) is 3. The summed E-state index contributed by atoms with van der Waals surface area (Å²) in [4.78, 5) is 0. The number of ether oxygens (including phenoxy) is 2. The van der Waals surface area contributed by atoms with Crippen LogP contribution in [0.3, 0.4) is 0 Å². The van der Waals surface area contributed by atoms with Crippen molar-refractivity contribution in [2.24, 2.45) is 0 Å². The normalized spacial score (nSPS) is 12.7. The van der Waals surface area contributed by atoms with Crippen molar-refractivity contribution in [2.45, 2.75) is 31.3 Å². The van der Waals surface area contributed by atoms with Gasteiger partial charge in [-0.05, 0) is 36.8 Å². The van der Waals surface area contributed by atoms with Crippen LogP contribution in [0.15, 0.2) is 48.5 Å². The van der Waals surface area contributed by atoms with Crippen LogP contribution in [-0.4, -0.2) is 30.7 Å². The molecule has 0 atom stereocenters. The van der Waals surface area contributed by atoms with Crippen molar-refractivity contribution in [3.63, 3.8) is 0 Å². The standard InChI is InChI=1S/C19H18F6O3/c1-13-12-14(17(26,18(20,21)22)19(23,24)25)8-9-16(13)28-11-5-10-27-15-6-3-2-4-7-15/h2-4,6-9,12,26H,5,10-11H2,1H3. The Hall–Kier alpha value is -2.42. The third kappa shape index (κ3) is 4.70. The van der Waals surface area contributed by atoms with Crippen LogP contribution in [0.25, 0.3) is 0 Å². The van der Waals surface area contributed by atoms with Gasteiger partial charge in [0.1, 0.15) is 11.5 Å². The first-order valence-corrected chi connectivity index (χ1v) is 8.24. The summed E-state index contributed by atoms with van der Waals surface area (Å²) in [5.74, 6) is 0.789. The zero-order valence-corrected chi connectivity index (χ0v) is 14.8. The van der Waals surface area contributed by atoms with Crippen LogP contribution >= 0.6 is 0 Å². The van der Waals surface area contributed by atoms with E-state index in [0.29, 0.717) is 30.9 Å². The van der Waals surface area contributed by atoms with E-state index in [9.17, 15) is 31.4 Å². The minimum atomic E-state index is -5.92. The molecule has 154 valence electrons. The minimum Gasteiger partial charge on any atom is -0.493 e. The summed E-state index contributed by atoms with van der Waals surface area (Å²) in [5.41, 5.74) is -6.23. The highest BCUT2D eigenvalue weighted by Crippen LogP contribution is 2.50. The van der Waals surface area contributed by atoms with Gasteiger partial charge in [-0.25, -0.2) is 0 Å². The van der Waals surface area contributed by atoms with Crippen LogP contribution in [-0.2, 0) is 5.60 Å². The van der Waals surface area contributed by atoms with Gasteiger partial charge in [0.15, 0.2) is 0 Å². The summed E-state index contributed by atoms with van der Waals surface area (Å²) < 4.78 is 88.4. The maximum atomic E-state index is 12.9. The number of rotatable bonds is 7. The van der Waals surface area contributed by atoms with E-state index in [1.54, 1.807) is 24.3 Å². The summed E-state index contributed by atoms with van der Waals surface area (Å²) in [7, 11) is 0. The van der Waals surface area contributed by atoms with Gasteiger partial charge in [-0.3, -0.25) is 0 Å². The van der Waals surface area contributed by atoms with Gasteiger partial charge in [0, 0.05) is 12.0 Å². The zero-order valence-electron chi connectivity index (χ0n) is 14.8. The summed E-state index contributed by atoms with van der Waals surface area (Å²) in [6.07, 6.45) is -11.4. The molecule has 0 amide bonds. The second-order valence-electron chi connectivity index (χ2n) is 6.05. The second kappa shape index (κ2) is 8.30. The number of para-hydroxylation sites is 1. The minimum absolute atomic E-state index is 0.0356. The maximum Gasteiger partial charge on any atom is 0.430 e. The van der Waals surface area contributed by atoms with E-state index in [4.69, 9.17) is 9.47 Å². The van der Waals surface area contributed by atoms with E-state index in [1.165, 1.54) is 6.92 Å². The molecule has 2 aromatic carbocycles. The molecule has 0 saturated heterocycles. The molecule has 0 spiro atoms. The van der Waals surface area contributed by atoms with Crippen molar-refractivity contribution >= 4 is 0 Å². The Labute approximate surface area is 157 Å².